The summed E-state index contributed by atoms with van der Waals surface area (Å²) >= 11 is 0. The molecule has 2 aromatic rings. The molecule has 0 spiro atoms. The molecule has 0 bridgehead atoms. The standard InChI is InChI=1S/C28H36N2O4/c1-5-11-25(21-15-9-17-23(19-21)29(31)32)27(13-7-3)28(14-8-4)26(12-6-2)22-16-10-18-24(20-22)30(33)34/h9-10,15-20H,5-8,11-14H2,1-4H3/b27-25-,28-26-. The van der Waals surface area contributed by atoms with Crippen molar-refractivity contribution in [3.05, 3.63) is 91.0 Å². The minimum atomic E-state index is -0.346. The Hall–Kier alpha value is -3.28. The molecule has 0 N–H and O–H groups in total. The fraction of sp³-hybridized carbons (Fsp3) is 0.429. The van der Waals surface area contributed by atoms with Gasteiger partial charge in [-0.3, -0.25) is 20.2 Å². The van der Waals surface area contributed by atoms with Gasteiger partial charge >= 0.3 is 0 Å². The first-order valence-electron chi connectivity index (χ1n) is 12.3. The van der Waals surface area contributed by atoms with Crippen molar-refractivity contribution in [2.45, 2.75) is 79.1 Å². The number of nitrogens with zero attached hydrogens (tertiary/aromatic N) is 2. The van der Waals surface area contributed by atoms with E-state index >= 15 is 0 Å². The van der Waals surface area contributed by atoms with E-state index in [1.807, 2.05) is 12.1 Å². The van der Waals surface area contributed by atoms with Gasteiger partial charge in [0.2, 0.25) is 0 Å². The van der Waals surface area contributed by atoms with E-state index in [0.29, 0.717) is 0 Å². The number of nitro groups is 2. The highest BCUT2D eigenvalue weighted by molar-refractivity contribution is 5.81. The lowest BCUT2D eigenvalue weighted by molar-refractivity contribution is -0.385. The molecule has 0 amide bonds. The van der Waals surface area contributed by atoms with Gasteiger partial charge in [0, 0.05) is 24.3 Å². The van der Waals surface area contributed by atoms with E-state index in [1.54, 1.807) is 24.3 Å². The maximum absolute atomic E-state index is 11.5. The van der Waals surface area contributed by atoms with Crippen LogP contribution in [0.25, 0.3) is 11.1 Å². The average molecular weight is 465 g/mol. The third kappa shape index (κ3) is 6.86. The van der Waals surface area contributed by atoms with Gasteiger partial charge in [0.05, 0.1) is 9.85 Å². The molecule has 0 aliphatic heterocycles. The van der Waals surface area contributed by atoms with Gasteiger partial charge in [-0.1, -0.05) is 77.6 Å². The Bertz CT molecular complexity index is 984. The van der Waals surface area contributed by atoms with E-state index in [1.165, 1.54) is 23.3 Å². The molecular weight excluding hydrogens is 428 g/mol. The Morgan fingerprint density at radius 3 is 1.26 bits per heavy atom. The van der Waals surface area contributed by atoms with Gasteiger partial charge in [-0.15, -0.1) is 0 Å². The van der Waals surface area contributed by atoms with Crippen LogP contribution in [0.15, 0.2) is 59.7 Å². The maximum Gasteiger partial charge on any atom is 0.270 e. The zero-order valence-corrected chi connectivity index (χ0v) is 20.8. The highest BCUT2D eigenvalue weighted by Gasteiger charge is 2.20. The smallest absolute Gasteiger partial charge is 0.258 e. The highest BCUT2D eigenvalue weighted by atomic mass is 16.6. The summed E-state index contributed by atoms with van der Waals surface area (Å²) in [5.41, 5.74) is 6.74. The molecule has 0 aliphatic carbocycles. The summed E-state index contributed by atoms with van der Waals surface area (Å²) in [5.74, 6) is 0. The van der Waals surface area contributed by atoms with Gasteiger partial charge in [-0.25, -0.2) is 0 Å². The van der Waals surface area contributed by atoms with Gasteiger partial charge in [-0.2, -0.15) is 0 Å². The zero-order valence-electron chi connectivity index (χ0n) is 20.8. The zero-order chi connectivity index (χ0) is 25.1. The van der Waals surface area contributed by atoms with Crippen LogP contribution < -0.4 is 0 Å². The molecule has 6 heteroatoms. The number of hydrogen-bond donors (Lipinski definition) is 0. The Balaban J connectivity index is 2.90. The summed E-state index contributed by atoms with van der Waals surface area (Å²) in [5, 5.41) is 22.9. The number of nitro benzene ring substituents is 2. The molecule has 6 nitrogen and oxygen atoms in total. The molecule has 0 fully saturated rings. The second-order valence-corrected chi connectivity index (χ2v) is 8.53. The highest BCUT2D eigenvalue weighted by Crippen LogP contribution is 2.39. The van der Waals surface area contributed by atoms with E-state index in [0.717, 1.165) is 73.6 Å². The number of allylic oxidation sites excluding steroid dienone is 4. The summed E-state index contributed by atoms with van der Waals surface area (Å²) < 4.78 is 0. The minimum Gasteiger partial charge on any atom is -0.258 e. The van der Waals surface area contributed by atoms with Gasteiger partial charge in [0.25, 0.3) is 11.4 Å². The van der Waals surface area contributed by atoms with Gasteiger partial charge in [0.1, 0.15) is 0 Å². The lowest BCUT2D eigenvalue weighted by atomic mass is 9.82. The number of rotatable bonds is 13. The van der Waals surface area contributed by atoms with Gasteiger partial charge in [0.15, 0.2) is 0 Å². The largest absolute Gasteiger partial charge is 0.270 e. The first-order valence-corrected chi connectivity index (χ1v) is 12.3. The lowest BCUT2D eigenvalue weighted by Crippen LogP contribution is -2.03. The molecule has 2 aromatic carbocycles. The number of hydrogen-bond acceptors (Lipinski definition) is 4. The van der Waals surface area contributed by atoms with E-state index < -0.39 is 0 Å². The molecule has 0 atom stereocenters. The molecule has 0 aromatic heterocycles. The number of benzene rings is 2. The predicted octanol–water partition coefficient (Wildman–Crippen LogP) is 8.91. The quantitative estimate of drug-likeness (QED) is 0.168. The van der Waals surface area contributed by atoms with Crippen LogP contribution in [-0.4, -0.2) is 9.85 Å². The average Bonchev–Trinajstić information content (AvgIpc) is 2.84. The predicted molar refractivity (Wildman–Crippen MR) is 140 cm³/mol. The topological polar surface area (TPSA) is 86.3 Å². The molecular formula is C28H36N2O4. The van der Waals surface area contributed by atoms with Crippen molar-refractivity contribution in [3.63, 3.8) is 0 Å². The van der Waals surface area contributed by atoms with E-state index in [9.17, 15) is 20.2 Å². The van der Waals surface area contributed by atoms with Crippen LogP contribution in [0, 0.1) is 20.2 Å². The van der Waals surface area contributed by atoms with Crippen molar-refractivity contribution >= 4 is 22.5 Å². The summed E-state index contributed by atoms with van der Waals surface area (Å²) in [7, 11) is 0. The van der Waals surface area contributed by atoms with Crippen LogP contribution in [0.3, 0.4) is 0 Å². The second kappa shape index (κ2) is 13.4. The van der Waals surface area contributed by atoms with Crippen molar-refractivity contribution in [2.24, 2.45) is 0 Å². The second-order valence-electron chi connectivity index (χ2n) is 8.53. The first kappa shape index (κ1) is 27.0. The number of non-ortho nitro benzene ring substituents is 2. The van der Waals surface area contributed by atoms with Crippen molar-refractivity contribution < 1.29 is 9.85 Å². The summed E-state index contributed by atoms with van der Waals surface area (Å²) in [6.07, 6.45) is 7.08. The monoisotopic (exact) mass is 464 g/mol. The Morgan fingerprint density at radius 2 is 0.971 bits per heavy atom. The van der Waals surface area contributed by atoms with Crippen LogP contribution in [0.2, 0.25) is 0 Å². The van der Waals surface area contributed by atoms with Crippen LogP contribution in [0.5, 0.6) is 0 Å². The molecule has 0 aliphatic rings. The van der Waals surface area contributed by atoms with Crippen LogP contribution in [-0.2, 0) is 0 Å². The SMILES string of the molecule is CCCC(/C(CCC)=C(/CCC)c1cccc([N+](=O)[O-])c1)=C(\CCC)c1cccc([N+](=O)[O-])c1. The molecule has 0 saturated carbocycles. The molecule has 34 heavy (non-hydrogen) atoms. The lowest BCUT2D eigenvalue weighted by Gasteiger charge is -2.23. The fourth-order valence-corrected chi connectivity index (χ4v) is 4.52. The Labute approximate surface area is 202 Å². The summed E-state index contributed by atoms with van der Waals surface area (Å²) in [6, 6.07) is 13.8. The fourth-order valence-electron chi connectivity index (χ4n) is 4.52. The summed E-state index contributed by atoms with van der Waals surface area (Å²) in [6.45, 7) is 8.54. The van der Waals surface area contributed by atoms with Gasteiger partial charge < -0.3 is 0 Å². The van der Waals surface area contributed by atoms with Crippen molar-refractivity contribution in [1.29, 1.82) is 0 Å². The maximum atomic E-state index is 11.5. The third-order valence-corrected chi connectivity index (χ3v) is 5.90. The van der Waals surface area contributed by atoms with E-state index in [-0.39, 0.29) is 21.2 Å². The Morgan fingerprint density at radius 1 is 0.618 bits per heavy atom. The summed E-state index contributed by atoms with van der Waals surface area (Å²) in [4.78, 5) is 22.2. The minimum absolute atomic E-state index is 0.0930. The van der Waals surface area contributed by atoms with Crippen LogP contribution in [0.4, 0.5) is 11.4 Å². The molecule has 0 heterocycles. The third-order valence-electron chi connectivity index (χ3n) is 5.90. The molecule has 0 saturated heterocycles. The van der Waals surface area contributed by atoms with Crippen LogP contribution in [0.1, 0.15) is 90.2 Å². The van der Waals surface area contributed by atoms with Crippen molar-refractivity contribution in [1.82, 2.24) is 0 Å². The molecule has 0 radical (unpaired) electrons. The Kier molecular flexibility index (Phi) is 10.7. The van der Waals surface area contributed by atoms with Crippen molar-refractivity contribution in [2.75, 3.05) is 0 Å². The molecule has 0 unspecified atom stereocenters. The van der Waals surface area contributed by atoms with Crippen LogP contribution >= 0.6 is 0 Å². The van der Waals surface area contributed by atoms with Gasteiger partial charge in [-0.05, 0) is 59.1 Å². The van der Waals surface area contributed by atoms with E-state index in [2.05, 4.69) is 27.7 Å². The van der Waals surface area contributed by atoms with E-state index in [4.69, 9.17) is 0 Å². The molecule has 2 rings (SSSR count). The first-order chi connectivity index (χ1) is 16.4. The normalized spacial score (nSPS) is 12.7. The molecule has 182 valence electrons. The van der Waals surface area contributed by atoms with Crippen molar-refractivity contribution in [3.8, 4) is 0 Å².